The number of carbonyl (C=O) groups excluding carboxylic acids is 1. The van der Waals surface area contributed by atoms with Crippen LogP contribution in [-0.4, -0.2) is 11.9 Å². The molecule has 3 atom stereocenters. The van der Waals surface area contributed by atoms with E-state index in [4.69, 9.17) is 0 Å². The molecule has 2 aliphatic rings. The van der Waals surface area contributed by atoms with Gasteiger partial charge in [0.05, 0.1) is 6.42 Å². The minimum atomic E-state index is 0.179. The number of nitrogens with one attached hydrogen (secondary N) is 1. The van der Waals surface area contributed by atoms with Gasteiger partial charge in [0.2, 0.25) is 5.91 Å². The van der Waals surface area contributed by atoms with E-state index >= 15 is 0 Å². The monoisotopic (exact) mass is 299 g/mol. The van der Waals surface area contributed by atoms with Crippen molar-refractivity contribution in [3.05, 3.63) is 34.9 Å². The van der Waals surface area contributed by atoms with Crippen molar-refractivity contribution >= 4 is 5.91 Å². The molecule has 2 nitrogen and oxygen atoms in total. The van der Waals surface area contributed by atoms with Crippen LogP contribution in [0.5, 0.6) is 0 Å². The Bertz CT molecular complexity index is 604. The molecule has 0 heterocycles. The first-order chi connectivity index (χ1) is 10.2. The highest BCUT2D eigenvalue weighted by Crippen LogP contribution is 2.65. The van der Waals surface area contributed by atoms with E-state index in [1.807, 2.05) is 0 Å². The molecule has 0 unspecified atom stereocenters. The number of amides is 1. The van der Waals surface area contributed by atoms with E-state index in [2.05, 4.69) is 58.1 Å². The van der Waals surface area contributed by atoms with Crippen LogP contribution < -0.4 is 5.32 Å². The van der Waals surface area contributed by atoms with Gasteiger partial charge < -0.3 is 5.32 Å². The normalized spacial score (nSPS) is 32.2. The zero-order chi connectivity index (χ0) is 16.1. The van der Waals surface area contributed by atoms with Crippen LogP contribution in [0.25, 0.3) is 0 Å². The summed E-state index contributed by atoms with van der Waals surface area (Å²) < 4.78 is 0. The van der Waals surface area contributed by atoms with E-state index < -0.39 is 0 Å². The van der Waals surface area contributed by atoms with E-state index in [-0.39, 0.29) is 11.3 Å². The maximum absolute atomic E-state index is 12.5. The molecule has 1 aromatic rings. The second-order valence-corrected chi connectivity index (χ2v) is 8.33. The van der Waals surface area contributed by atoms with Crippen molar-refractivity contribution in [2.45, 2.75) is 66.3 Å². The topological polar surface area (TPSA) is 29.1 Å². The van der Waals surface area contributed by atoms with Gasteiger partial charge in [0.1, 0.15) is 0 Å². The molecule has 0 saturated heterocycles. The average molecular weight is 299 g/mol. The van der Waals surface area contributed by atoms with Gasteiger partial charge in [0, 0.05) is 6.04 Å². The van der Waals surface area contributed by atoms with Crippen molar-refractivity contribution in [2.24, 2.45) is 16.7 Å². The molecule has 1 amide bonds. The smallest absolute Gasteiger partial charge is 0.224 e. The van der Waals surface area contributed by atoms with Gasteiger partial charge in [0.15, 0.2) is 0 Å². The van der Waals surface area contributed by atoms with Crippen molar-refractivity contribution in [1.29, 1.82) is 0 Å². The molecule has 22 heavy (non-hydrogen) atoms. The van der Waals surface area contributed by atoms with Crippen LogP contribution in [0, 0.1) is 30.6 Å². The van der Waals surface area contributed by atoms with Crippen LogP contribution in [0.3, 0.4) is 0 Å². The van der Waals surface area contributed by atoms with E-state index in [0.717, 1.165) is 17.9 Å². The quantitative estimate of drug-likeness (QED) is 0.891. The van der Waals surface area contributed by atoms with Crippen LogP contribution in [0.15, 0.2) is 18.2 Å². The molecular weight excluding hydrogens is 270 g/mol. The molecule has 2 aliphatic carbocycles. The predicted octanol–water partition coefficient (Wildman–Crippen LogP) is 4.18. The number of carbonyl (C=O) groups is 1. The van der Waals surface area contributed by atoms with Crippen LogP contribution in [0.2, 0.25) is 0 Å². The summed E-state index contributed by atoms with van der Waals surface area (Å²) in [6, 6.07) is 6.68. The fraction of sp³-hybridized carbons (Fsp3) is 0.650. The summed E-state index contributed by atoms with van der Waals surface area (Å²) in [7, 11) is 0. The Morgan fingerprint density at radius 3 is 2.50 bits per heavy atom. The summed E-state index contributed by atoms with van der Waals surface area (Å²) in [5.74, 6) is 0.947. The molecule has 2 saturated carbocycles. The Balaban J connectivity index is 1.67. The molecule has 0 aliphatic heterocycles. The molecule has 0 radical (unpaired) electrons. The summed E-state index contributed by atoms with van der Waals surface area (Å²) in [6.07, 6.45) is 4.23. The first kappa shape index (κ1) is 15.6. The van der Waals surface area contributed by atoms with Gasteiger partial charge in [-0.2, -0.15) is 0 Å². The first-order valence-corrected chi connectivity index (χ1v) is 8.59. The minimum Gasteiger partial charge on any atom is -0.353 e. The van der Waals surface area contributed by atoms with Gasteiger partial charge in [0.25, 0.3) is 0 Å². The third kappa shape index (κ3) is 2.28. The zero-order valence-corrected chi connectivity index (χ0v) is 14.6. The molecule has 2 bridgehead atoms. The zero-order valence-electron chi connectivity index (χ0n) is 14.6. The average Bonchev–Trinajstić information content (AvgIpc) is 2.76. The van der Waals surface area contributed by atoms with E-state index in [0.29, 0.717) is 17.9 Å². The molecule has 0 aromatic heterocycles. The number of rotatable bonds is 3. The Morgan fingerprint density at radius 1 is 1.23 bits per heavy atom. The fourth-order valence-electron chi connectivity index (χ4n) is 4.77. The molecule has 120 valence electrons. The maximum Gasteiger partial charge on any atom is 0.224 e. The Morgan fingerprint density at radius 2 is 1.95 bits per heavy atom. The maximum atomic E-state index is 12.5. The van der Waals surface area contributed by atoms with Crippen LogP contribution in [0.4, 0.5) is 0 Å². The number of hydrogen-bond acceptors (Lipinski definition) is 1. The molecule has 3 rings (SSSR count). The predicted molar refractivity (Wildman–Crippen MR) is 90.8 cm³/mol. The van der Waals surface area contributed by atoms with Crippen LogP contribution >= 0.6 is 0 Å². The van der Waals surface area contributed by atoms with E-state index in [1.54, 1.807) is 0 Å². The second-order valence-electron chi connectivity index (χ2n) is 8.33. The third-order valence-corrected chi connectivity index (χ3v) is 7.07. The summed E-state index contributed by atoms with van der Waals surface area (Å²) in [4.78, 5) is 12.5. The van der Waals surface area contributed by atoms with Crippen LogP contribution in [0.1, 0.15) is 56.7 Å². The fourth-order valence-corrected chi connectivity index (χ4v) is 4.77. The van der Waals surface area contributed by atoms with Gasteiger partial charge in [-0.25, -0.2) is 0 Å². The number of aryl methyl sites for hydroxylation is 2. The highest BCUT2D eigenvalue weighted by atomic mass is 16.1. The molecule has 2 fully saturated rings. The van der Waals surface area contributed by atoms with Gasteiger partial charge >= 0.3 is 0 Å². The van der Waals surface area contributed by atoms with Crippen molar-refractivity contribution in [3.63, 3.8) is 0 Å². The van der Waals surface area contributed by atoms with E-state index in [9.17, 15) is 4.79 Å². The van der Waals surface area contributed by atoms with Crippen molar-refractivity contribution in [1.82, 2.24) is 5.32 Å². The summed E-state index contributed by atoms with van der Waals surface area (Å²) in [6.45, 7) is 11.4. The Hall–Kier alpha value is -1.31. The largest absolute Gasteiger partial charge is 0.353 e. The summed E-state index contributed by atoms with van der Waals surface area (Å²) >= 11 is 0. The third-order valence-electron chi connectivity index (χ3n) is 7.07. The van der Waals surface area contributed by atoms with Crippen molar-refractivity contribution in [2.75, 3.05) is 0 Å². The van der Waals surface area contributed by atoms with Crippen molar-refractivity contribution < 1.29 is 4.79 Å². The second kappa shape index (κ2) is 5.11. The minimum absolute atomic E-state index is 0.179. The standard InChI is InChI=1S/C20H29NO/c1-13-6-7-15(10-14(13)2)11-18(22)21-17-12-16-8-9-20(17,5)19(16,3)4/h6-7,10,16-17H,8-9,11-12H2,1-5H3,(H,21,22)/t16-,17+,20-/m1/s1. The summed E-state index contributed by atoms with van der Waals surface area (Å²) in [5, 5.41) is 3.35. The lowest BCUT2D eigenvalue weighted by Gasteiger charge is -2.39. The lowest BCUT2D eigenvalue weighted by atomic mass is 9.69. The lowest BCUT2D eigenvalue weighted by Crippen LogP contribution is -2.47. The van der Waals surface area contributed by atoms with Gasteiger partial charge in [-0.05, 0) is 66.5 Å². The number of fused-ring (bicyclic) bond motifs is 2. The SMILES string of the molecule is Cc1ccc(CC(=O)N[C@H]2C[C@H]3CC[C@@]2(C)C3(C)C)cc1C. The Kier molecular flexibility index (Phi) is 3.62. The lowest BCUT2D eigenvalue weighted by molar-refractivity contribution is -0.122. The molecular formula is C20H29NO. The molecule has 1 aromatic carbocycles. The number of benzene rings is 1. The summed E-state index contributed by atoms with van der Waals surface area (Å²) in [5.41, 5.74) is 4.28. The molecule has 1 N–H and O–H groups in total. The van der Waals surface area contributed by atoms with Crippen LogP contribution in [-0.2, 0) is 11.2 Å². The highest BCUT2D eigenvalue weighted by molar-refractivity contribution is 5.79. The van der Waals surface area contributed by atoms with Gasteiger partial charge in [-0.1, -0.05) is 39.0 Å². The molecule has 2 heteroatoms. The van der Waals surface area contributed by atoms with Gasteiger partial charge in [-0.15, -0.1) is 0 Å². The highest BCUT2D eigenvalue weighted by Gasteiger charge is 2.61. The molecule has 0 spiro atoms. The van der Waals surface area contributed by atoms with Crippen molar-refractivity contribution in [3.8, 4) is 0 Å². The first-order valence-electron chi connectivity index (χ1n) is 8.59. The number of hydrogen-bond donors (Lipinski definition) is 1. The van der Waals surface area contributed by atoms with E-state index in [1.165, 1.54) is 24.0 Å². The van der Waals surface area contributed by atoms with Gasteiger partial charge in [-0.3, -0.25) is 4.79 Å². The Labute approximate surface area is 134 Å².